The van der Waals surface area contributed by atoms with Gasteiger partial charge in [-0.25, -0.2) is 0 Å². The van der Waals surface area contributed by atoms with Gasteiger partial charge in [0, 0.05) is 13.0 Å². The third-order valence-corrected chi connectivity index (χ3v) is 3.61. The molecule has 108 valence electrons. The molecule has 1 heterocycles. The minimum Gasteiger partial charge on any atom is -0.336 e. The van der Waals surface area contributed by atoms with Crippen LogP contribution in [0.5, 0.6) is 0 Å². The standard InChI is InChI=1S/C18H25NO/c1-18(2,3)14-17(20)19-13-7-10-16(19)12-11-15-8-5-4-6-9-15/h4-6,8-9,11-12,16H,7,10,13-14H2,1-3H3. The molecule has 1 aliphatic rings. The fourth-order valence-electron chi connectivity index (χ4n) is 2.64. The maximum atomic E-state index is 12.4. The van der Waals surface area contributed by atoms with Crippen LogP contribution in [0, 0.1) is 5.41 Å². The molecule has 1 fully saturated rings. The monoisotopic (exact) mass is 271 g/mol. The van der Waals surface area contributed by atoms with Gasteiger partial charge >= 0.3 is 0 Å². The molecule has 0 aliphatic carbocycles. The van der Waals surface area contributed by atoms with Gasteiger partial charge in [-0.3, -0.25) is 4.79 Å². The topological polar surface area (TPSA) is 20.3 Å². The molecule has 1 aromatic carbocycles. The Kier molecular flexibility index (Phi) is 4.64. The highest BCUT2D eigenvalue weighted by atomic mass is 16.2. The van der Waals surface area contributed by atoms with Crippen molar-refractivity contribution >= 4 is 12.0 Å². The van der Waals surface area contributed by atoms with E-state index in [0.717, 1.165) is 19.4 Å². The summed E-state index contributed by atoms with van der Waals surface area (Å²) >= 11 is 0. The second kappa shape index (κ2) is 6.25. The molecule has 20 heavy (non-hydrogen) atoms. The van der Waals surface area contributed by atoms with E-state index in [1.54, 1.807) is 0 Å². The molecule has 2 rings (SSSR count). The van der Waals surface area contributed by atoms with E-state index in [1.807, 2.05) is 23.1 Å². The largest absolute Gasteiger partial charge is 0.336 e. The average Bonchev–Trinajstić information content (AvgIpc) is 2.84. The van der Waals surface area contributed by atoms with E-state index >= 15 is 0 Å². The van der Waals surface area contributed by atoms with Crippen LogP contribution in [0.3, 0.4) is 0 Å². The molecule has 1 unspecified atom stereocenters. The van der Waals surface area contributed by atoms with Crippen LogP contribution >= 0.6 is 0 Å². The fourth-order valence-corrected chi connectivity index (χ4v) is 2.64. The summed E-state index contributed by atoms with van der Waals surface area (Å²) in [5, 5.41) is 0. The first kappa shape index (κ1) is 14.8. The van der Waals surface area contributed by atoms with Crippen molar-refractivity contribution in [2.75, 3.05) is 6.54 Å². The van der Waals surface area contributed by atoms with Crippen LogP contribution in [-0.4, -0.2) is 23.4 Å². The van der Waals surface area contributed by atoms with Crippen LogP contribution in [0.15, 0.2) is 36.4 Å². The van der Waals surface area contributed by atoms with Gasteiger partial charge in [0.15, 0.2) is 0 Å². The van der Waals surface area contributed by atoms with Gasteiger partial charge in [0.1, 0.15) is 0 Å². The molecule has 2 heteroatoms. The third-order valence-electron chi connectivity index (χ3n) is 3.61. The minimum absolute atomic E-state index is 0.0629. The van der Waals surface area contributed by atoms with E-state index in [0.29, 0.717) is 6.42 Å². The van der Waals surface area contributed by atoms with Crippen molar-refractivity contribution in [3.05, 3.63) is 42.0 Å². The lowest BCUT2D eigenvalue weighted by atomic mass is 9.91. The molecule has 0 spiro atoms. The van der Waals surface area contributed by atoms with Gasteiger partial charge in [-0.15, -0.1) is 0 Å². The van der Waals surface area contributed by atoms with Crippen LogP contribution in [0.25, 0.3) is 6.08 Å². The molecular formula is C18H25NO. The highest BCUT2D eigenvalue weighted by Crippen LogP contribution is 2.25. The van der Waals surface area contributed by atoms with Crippen LogP contribution in [0.2, 0.25) is 0 Å². The van der Waals surface area contributed by atoms with E-state index < -0.39 is 0 Å². The summed E-state index contributed by atoms with van der Waals surface area (Å²) in [5.74, 6) is 0.290. The van der Waals surface area contributed by atoms with Gasteiger partial charge in [0.05, 0.1) is 6.04 Å². The first-order valence-corrected chi connectivity index (χ1v) is 7.48. The van der Waals surface area contributed by atoms with E-state index in [-0.39, 0.29) is 17.4 Å². The van der Waals surface area contributed by atoms with Crippen molar-refractivity contribution in [2.24, 2.45) is 5.41 Å². The van der Waals surface area contributed by atoms with Gasteiger partial charge < -0.3 is 4.90 Å². The first-order chi connectivity index (χ1) is 9.46. The average molecular weight is 271 g/mol. The number of rotatable bonds is 3. The fraction of sp³-hybridized carbons (Fsp3) is 0.500. The van der Waals surface area contributed by atoms with Crippen LogP contribution < -0.4 is 0 Å². The second-order valence-corrected chi connectivity index (χ2v) is 6.80. The lowest BCUT2D eigenvalue weighted by Gasteiger charge is -2.26. The van der Waals surface area contributed by atoms with Gasteiger partial charge in [-0.1, -0.05) is 63.3 Å². The van der Waals surface area contributed by atoms with E-state index in [2.05, 4.69) is 45.1 Å². The zero-order valence-corrected chi connectivity index (χ0v) is 12.8. The van der Waals surface area contributed by atoms with Gasteiger partial charge in [0.2, 0.25) is 5.91 Å². The van der Waals surface area contributed by atoms with Crippen molar-refractivity contribution in [2.45, 2.75) is 46.1 Å². The lowest BCUT2D eigenvalue weighted by Crippen LogP contribution is -2.36. The van der Waals surface area contributed by atoms with Crippen molar-refractivity contribution < 1.29 is 4.79 Å². The molecule has 1 aliphatic heterocycles. The molecule has 0 aromatic heterocycles. The summed E-state index contributed by atoms with van der Waals surface area (Å²) in [6.45, 7) is 7.26. The van der Waals surface area contributed by atoms with Gasteiger partial charge in [-0.05, 0) is 23.8 Å². The number of carbonyl (C=O) groups is 1. The smallest absolute Gasteiger partial charge is 0.223 e. The Bertz CT molecular complexity index is 470. The Morgan fingerprint density at radius 1 is 1.30 bits per heavy atom. The highest BCUT2D eigenvalue weighted by Gasteiger charge is 2.29. The normalized spacial score (nSPS) is 19.8. The first-order valence-electron chi connectivity index (χ1n) is 7.48. The molecule has 0 saturated carbocycles. The quantitative estimate of drug-likeness (QED) is 0.809. The maximum absolute atomic E-state index is 12.4. The number of nitrogens with zero attached hydrogens (tertiary/aromatic N) is 1. The van der Waals surface area contributed by atoms with Crippen molar-refractivity contribution in [3.8, 4) is 0 Å². The minimum atomic E-state index is 0.0629. The van der Waals surface area contributed by atoms with Crippen LogP contribution in [0.4, 0.5) is 0 Å². The lowest BCUT2D eigenvalue weighted by molar-refractivity contribution is -0.133. The van der Waals surface area contributed by atoms with E-state index in [9.17, 15) is 4.79 Å². The Balaban J connectivity index is 2.01. The molecule has 0 bridgehead atoms. The molecular weight excluding hydrogens is 246 g/mol. The number of amides is 1. The predicted molar refractivity (Wildman–Crippen MR) is 84.3 cm³/mol. The van der Waals surface area contributed by atoms with Crippen molar-refractivity contribution in [3.63, 3.8) is 0 Å². The predicted octanol–water partition coefficient (Wildman–Crippen LogP) is 4.13. The number of carbonyl (C=O) groups excluding carboxylic acids is 1. The summed E-state index contributed by atoms with van der Waals surface area (Å²) in [6, 6.07) is 10.5. The Labute approximate surface area is 122 Å². The van der Waals surface area contributed by atoms with Crippen molar-refractivity contribution in [1.82, 2.24) is 4.90 Å². The third kappa shape index (κ3) is 4.22. The zero-order chi connectivity index (χ0) is 14.6. The Morgan fingerprint density at radius 3 is 2.65 bits per heavy atom. The SMILES string of the molecule is CC(C)(C)CC(=O)N1CCCC1C=Cc1ccccc1. The Hall–Kier alpha value is -1.57. The van der Waals surface area contributed by atoms with Crippen molar-refractivity contribution in [1.29, 1.82) is 0 Å². The van der Waals surface area contributed by atoms with Gasteiger partial charge in [-0.2, -0.15) is 0 Å². The summed E-state index contributed by atoms with van der Waals surface area (Å²) in [5.41, 5.74) is 1.26. The number of hydrogen-bond donors (Lipinski definition) is 0. The maximum Gasteiger partial charge on any atom is 0.223 e. The van der Waals surface area contributed by atoms with Crippen LogP contribution in [-0.2, 0) is 4.79 Å². The summed E-state index contributed by atoms with van der Waals surface area (Å²) < 4.78 is 0. The summed E-state index contributed by atoms with van der Waals surface area (Å²) in [4.78, 5) is 14.4. The molecule has 1 aromatic rings. The molecule has 1 atom stereocenters. The highest BCUT2D eigenvalue weighted by molar-refractivity contribution is 5.78. The van der Waals surface area contributed by atoms with E-state index in [1.165, 1.54) is 5.56 Å². The van der Waals surface area contributed by atoms with E-state index in [4.69, 9.17) is 0 Å². The number of benzene rings is 1. The molecule has 1 saturated heterocycles. The van der Waals surface area contributed by atoms with Gasteiger partial charge in [0.25, 0.3) is 0 Å². The Morgan fingerprint density at radius 2 is 2.00 bits per heavy atom. The molecule has 0 N–H and O–H groups in total. The molecule has 0 radical (unpaired) electrons. The second-order valence-electron chi connectivity index (χ2n) is 6.80. The van der Waals surface area contributed by atoms with Crippen LogP contribution in [0.1, 0.15) is 45.6 Å². The zero-order valence-electron chi connectivity index (χ0n) is 12.8. The summed E-state index contributed by atoms with van der Waals surface area (Å²) in [6.07, 6.45) is 7.14. The number of likely N-dealkylation sites (tertiary alicyclic amines) is 1. The summed E-state index contributed by atoms with van der Waals surface area (Å²) in [7, 11) is 0. The molecule has 2 nitrogen and oxygen atoms in total. The molecule has 1 amide bonds. The number of hydrogen-bond acceptors (Lipinski definition) is 1.